The Hall–Kier alpha value is -0.730. The Bertz CT molecular complexity index is 263. The number of phenolic OH excluding ortho intramolecular Hbond substituents is 1. The lowest BCUT2D eigenvalue weighted by atomic mass is 10.1. The minimum absolute atomic E-state index is 0.300. The number of phenols is 1. The first-order chi connectivity index (χ1) is 5.77. The summed E-state index contributed by atoms with van der Waals surface area (Å²) in [6.45, 7) is 0.541. The molecule has 0 unspecified atom stereocenters. The van der Waals surface area contributed by atoms with E-state index < -0.39 is 0 Å². The predicted octanol–water partition coefficient (Wildman–Crippen LogP) is 1.63. The second-order valence-corrected chi connectivity index (χ2v) is 2.90. The number of hydrogen-bond donors (Lipinski definition) is 2. The zero-order valence-electron chi connectivity index (χ0n) is 6.76. The maximum Gasteiger partial charge on any atom is 0.118 e. The van der Waals surface area contributed by atoms with Gasteiger partial charge in [0.2, 0.25) is 0 Å². The van der Waals surface area contributed by atoms with Gasteiger partial charge in [-0.05, 0) is 30.2 Å². The molecule has 0 aliphatic rings. The minimum Gasteiger partial charge on any atom is -0.508 e. The monoisotopic (exact) mass is 185 g/mol. The summed E-state index contributed by atoms with van der Waals surface area (Å²) in [5.74, 6) is 0.770. The summed E-state index contributed by atoms with van der Waals surface area (Å²) < 4.78 is 0. The van der Waals surface area contributed by atoms with Crippen molar-refractivity contribution in [2.75, 3.05) is 6.54 Å². The van der Waals surface area contributed by atoms with Gasteiger partial charge in [-0.15, -0.1) is 11.6 Å². The maximum atomic E-state index is 9.36. The summed E-state index contributed by atoms with van der Waals surface area (Å²) in [7, 11) is 0. The number of halogens is 1. The van der Waals surface area contributed by atoms with Crippen molar-refractivity contribution in [1.29, 1.82) is 0 Å². The summed E-state index contributed by atoms with van der Waals surface area (Å²) in [4.78, 5) is 0. The lowest BCUT2D eigenvalue weighted by Crippen LogP contribution is -2.03. The van der Waals surface area contributed by atoms with Crippen molar-refractivity contribution in [1.82, 2.24) is 0 Å². The highest BCUT2D eigenvalue weighted by atomic mass is 35.5. The third-order valence-corrected chi connectivity index (χ3v) is 2.02. The van der Waals surface area contributed by atoms with Crippen LogP contribution in [-0.2, 0) is 12.3 Å². The van der Waals surface area contributed by atoms with Crippen LogP contribution in [0.25, 0.3) is 0 Å². The first-order valence-electron chi connectivity index (χ1n) is 3.84. The zero-order chi connectivity index (χ0) is 8.97. The molecule has 0 amide bonds. The molecule has 0 aromatic heterocycles. The zero-order valence-corrected chi connectivity index (χ0v) is 7.51. The molecule has 0 aliphatic heterocycles. The molecule has 3 heteroatoms. The normalized spacial score (nSPS) is 10.2. The molecule has 0 spiro atoms. The highest BCUT2D eigenvalue weighted by Gasteiger charge is 2.00. The van der Waals surface area contributed by atoms with Crippen LogP contribution >= 0.6 is 11.6 Å². The summed E-state index contributed by atoms with van der Waals surface area (Å²) in [5, 5.41) is 9.36. The number of nitrogens with two attached hydrogens (primary N) is 1. The predicted molar refractivity (Wildman–Crippen MR) is 50.4 cm³/mol. The van der Waals surface area contributed by atoms with Crippen molar-refractivity contribution in [2.45, 2.75) is 12.3 Å². The van der Waals surface area contributed by atoms with E-state index in [2.05, 4.69) is 0 Å². The molecule has 0 heterocycles. The van der Waals surface area contributed by atoms with Crippen LogP contribution in [0.4, 0.5) is 0 Å². The van der Waals surface area contributed by atoms with Crippen LogP contribution in [0, 0.1) is 0 Å². The Labute approximate surface area is 77.0 Å². The van der Waals surface area contributed by atoms with Crippen LogP contribution in [0.1, 0.15) is 11.1 Å². The van der Waals surface area contributed by atoms with E-state index in [1.54, 1.807) is 6.07 Å². The molecular formula is C9H12ClNO. The SMILES string of the molecule is NCCc1cc(CCl)ccc1O. The van der Waals surface area contributed by atoms with Crippen molar-refractivity contribution < 1.29 is 5.11 Å². The van der Waals surface area contributed by atoms with E-state index in [0.29, 0.717) is 24.6 Å². The van der Waals surface area contributed by atoms with Crippen LogP contribution in [0.15, 0.2) is 18.2 Å². The van der Waals surface area contributed by atoms with E-state index in [0.717, 1.165) is 11.1 Å². The van der Waals surface area contributed by atoms with E-state index >= 15 is 0 Å². The molecule has 1 aromatic carbocycles. The molecule has 1 aromatic rings. The Morgan fingerprint density at radius 3 is 2.75 bits per heavy atom. The molecule has 66 valence electrons. The quantitative estimate of drug-likeness (QED) is 0.704. The second kappa shape index (κ2) is 4.33. The largest absolute Gasteiger partial charge is 0.508 e. The molecule has 0 saturated carbocycles. The summed E-state index contributed by atoms with van der Waals surface area (Å²) >= 11 is 5.64. The van der Waals surface area contributed by atoms with E-state index in [1.807, 2.05) is 12.1 Å². The van der Waals surface area contributed by atoms with E-state index in [4.69, 9.17) is 17.3 Å². The van der Waals surface area contributed by atoms with Crippen molar-refractivity contribution in [3.8, 4) is 5.75 Å². The molecule has 0 bridgehead atoms. The third kappa shape index (κ3) is 2.13. The standard InChI is InChI=1S/C9H12ClNO/c10-6-7-1-2-9(12)8(5-7)3-4-11/h1-2,5,12H,3-4,6,11H2. The molecule has 0 radical (unpaired) electrons. The Kier molecular flexibility index (Phi) is 3.38. The minimum atomic E-state index is 0.300. The Morgan fingerprint density at radius 2 is 2.17 bits per heavy atom. The van der Waals surface area contributed by atoms with Gasteiger partial charge >= 0.3 is 0 Å². The van der Waals surface area contributed by atoms with Gasteiger partial charge in [0.1, 0.15) is 5.75 Å². The van der Waals surface area contributed by atoms with Crippen LogP contribution < -0.4 is 5.73 Å². The maximum absolute atomic E-state index is 9.36. The van der Waals surface area contributed by atoms with Gasteiger partial charge in [-0.25, -0.2) is 0 Å². The fraction of sp³-hybridized carbons (Fsp3) is 0.333. The van der Waals surface area contributed by atoms with Gasteiger partial charge in [-0.3, -0.25) is 0 Å². The smallest absolute Gasteiger partial charge is 0.118 e. The molecule has 0 saturated heterocycles. The lowest BCUT2D eigenvalue weighted by Gasteiger charge is -2.04. The summed E-state index contributed by atoms with van der Waals surface area (Å²) in [6.07, 6.45) is 0.691. The molecule has 2 nitrogen and oxygen atoms in total. The lowest BCUT2D eigenvalue weighted by molar-refractivity contribution is 0.468. The van der Waals surface area contributed by atoms with Crippen LogP contribution in [-0.4, -0.2) is 11.7 Å². The van der Waals surface area contributed by atoms with E-state index in [-0.39, 0.29) is 0 Å². The molecule has 3 N–H and O–H groups in total. The van der Waals surface area contributed by atoms with Crippen LogP contribution in [0.2, 0.25) is 0 Å². The van der Waals surface area contributed by atoms with Crippen molar-refractivity contribution in [3.63, 3.8) is 0 Å². The molecule has 1 rings (SSSR count). The van der Waals surface area contributed by atoms with Crippen LogP contribution in [0.3, 0.4) is 0 Å². The topological polar surface area (TPSA) is 46.2 Å². The second-order valence-electron chi connectivity index (χ2n) is 2.64. The number of rotatable bonds is 3. The fourth-order valence-corrected chi connectivity index (χ4v) is 1.24. The highest BCUT2D eigenvalue weighted by molar-refractivity contribution is 6.17. The summed E-state index contributed by atoms with van der Waals surface area (Å²) in [6, 6.07) is 5.35. The Balaban J connectivity index is 2.91. The average Bonchev–Trinajstić information content (AvgIpc) is 2.09. The average molecular weight is 186 g/mol. The number of benzene rings is 1. The van der Waals surface area contributed by atoms with Gasteiger partial charge in [0.25, 0.3) is 0 Å². The summed E-state index contributed by atoms with van der Waals surface area (Å²) in [5.41, 5.74) is 7.26. The van der Waals surface area contributed by atoms with Gasteiger partial charge in [0.05, 0.1) is 0 Å². The van der Waals surface area contributed by atoms with E-state index in [9.17, 15) is 5.11 Å². The van der Waals surface area contributed by atoms with Crippen molar-refractivity contribution in [3.05, 3.63) is 29.3 Å². The van der Waals surface area contributed by atoms with Crippen LogP contribution in [0.5, 0.6) is 5.75 Å². The van der Waals surface area contributed by atoms with Gasteiger partial charge in [-0.2, -0.15) is 0 Å². The number of aromatic hydroxyl groups is 1. The number of hydrogen-bond acceptors (Lipinski definition) is 2. The molecular weight excluding hydrogens is 174 g/mol. The highest BCUT2D eigenvalue weighted by Crippen LogP contribution is 2.19. The molecule has 0 aliphatic carbocycles. The van der Waals surface area contributed by atoms with E-state index in [1.165, 1.54) is 0 Å². The molecule has 12 heavy (non-hydrogen) atoms. The molecule has 0 atom stereocenters. The van der Waals surface area contributed by atoms with Crippen molar-refractivity contribution >= 4 is 11.6 Å². The Morgan fingerprint density at radius 1 is 1.42 bits per heavy atom. The number of alkyl halides is 1. The van der Waals surface area contributed by atoms with Gasteiger partial charge in [0.15, 0.2) is 0 Å². The first-order valence-corrected chi connectivity index (χ1v) is 4.38. The third-order valence-electron chi connectivity index (χ3n) is 1.71. The van der Waals surface area contributed by atoms with Crippen molar-refractivity contribution in [2.24, 2.45) is 5.73 Å². The molecule has 0 fully saturated rings. The van der Waals surface area contributed by atoms with Gasteiger partial charge in [-0.1, -0.05) is 12.1 Å². The van der Waals surface area contributed by atoms with Gasteiger partial charge < -0.3 is 10.8 Å². The van der Waals surface area contributed by atoms with Gasteiger partial charge in [0, 0.05) is 5.88 Å². The fourth-order valence-electron chi connectivity index (χ4n) is 1.08. The first kappa shape index (κ1) is 9.36.